The second kappa shape index (κ2) is 5.08. The Morgan fingerprint density at radius 1 is 1.43 bits per heavy atom. The van der Waals surface area contributed by atoms with Gasteiger partial charge >= 0.3 is 0 Å². The average molecular weight is 195 g/mol. The van der Waals surface area contributed by atoms with Gasteiger partial charge in [0.15, 0.2) is 0 Å². The molecule has 0 fully saturated rings. The van der Waals surface area contributed by atoms with Gasteiger partial charge in [-0.05, 0) is 30.4 Å². The molecule has 0 spiro atoms. The fourth-order valence-corrected chi connectivity index (χ4v) is 1.52. The molecule has 0 amide bonds. The number of pyridine rings is 1. The van der Waals surface area contributed by atoms with E-state index in [2.05, 4.69) is 25.8 Å². The maximum atomic E-state index is 13.2. The van der Waals surface area contributed by atoms with Crippen LogP contribution in [0.4, 0.5) is 4.39 Å². The molecule has 0 aliphatic rings. The molecule has 0 aliphatic heterocycles. The van der Waals surface area contributed by atoms with E-state index in [4.69, 9.17) is 0 Å². The predicted molar refractivity (Wildman–Crippen MR) is 56.7 cm³/mol. The van der Waals surface area contributed by atoms with Crippen molar-refractivity contribution in [2.24, 2.45) is 5.92 Å². The van der Waals surface area contributed by atoms with Gasteiger partial charge in [0, 0.05) is 5.69 Å². The minimum Gasteiger partial charge on any atom is -0.258 e. The molecular formula is C12H18FN. The molecular weight excluding hydrogens is 177 g/mol. The van der Waals surface area contributed by atoms with E-state index in [1.807, 2.05) is 6.07 Å². The zero-order valence-corrected chi connectivity index (χ0v) is 9.18. The first-order valence-corrected chi connectivity index (χ1v) is 5.26. The van der Waals surface area contributed by atoms with E-state index < -0.39 is 0 Å². The van der Waals surface area contributed by atoms with Gasteiger partial charge < -0.3 is 0 Å². The highest BCUT2D eigenvalue weighted by atomic mass is 19.1. The van der Waals surface area contributed by atoms with Gasteiger partial charge in [-0.3, -0.25) is 4.98 Å². The Labute approximate surface area is 85.4 Å². The van der Waals surface area contributed by atoms with Crippen molar-refractivity contribution in [2.75, 3.05) is 0 Å². The topological polar surface area (TPSA) is 12.9 Å². The summed E-state index contributed by atoms with van der Waals surface area (Å²) in [6, 6.07) is 1.90. The first-order valence-electron chi connectivity index (χ1n) is 5.26. The molecule has 0 bridgehead atoms. The molecule has 1 aromatic rings. The summed E-state index contributed by atoms with van der Waals surface area (Å²) in [5, 5.41) is 0. The number of aromatic nitrogens is 1. The molecule has 1 heterocycles. The molecule has 1 nitrogen and oxygen atoms in total. The molecule has 0 N–H and O–H groups in total. The van der Waals surface area contributed by atoms with Crippen molar-refractivity contribution in [1.29, 1.82) is 0 Å². The van der Waals surface area contributed by atoms with Crippen LogP contribution in [0, 0.1) is 11.7 Å². The van der Waals surface area contributed by atoms with Gasteiger partial charge in [0.25, 0.3) is 0 Å². The molecule has 2 heteroatoms. The van der Waals surface area contributed by atoms with Crippen molar-refractivity contribution >= 4 is 0 Å². The van der Waals surface area contributed by atoms with Crippen LogP contribution in [0.5, 0.6) is 0 Å². The maximum absolute atomic E-state index is 13.2. The number of hydrogen-bond acceptors (Lipinski definition) is 1. The third-order valence-corrected chi connectivity index (χ3v) is 2.13. The van der Waals surface area contributed by atoms with Crippen LogP contribution in [0.1, 0.15) is 38.4 Å². The van der Waals surface area contributed by atoms with Crippen molar-refractivity contribution in [1.82, 2.24) is 4.98 Å². The van der Waals surface area contributed by atoms with Crippen LogP contribution in [0.2, 0.25) is 0 Å². The van der Waals surface area contributed by atoms with Gasteiger partial charge in [-0.2, -0.15) is 0 Å². The van der Waals surface area contributed by atoms with Crippen LogP contribution in [0.15, 0.2) is 12.3 Å². The van der Waals surface area contributed by atoms with Crippen molar-refractivity contribution in [2.45, 2.75) is 40.0 Å². The lowest BCUT2D eigenvalue weighted by Gasteiger charge is -2.06. The Kier molecular flexibility index (Phi) is 4.05. The van der Waals surface area contributed by atoms with Crippen molar-refractivity contribution in [3.05, 3.63) is 29.3 Å². The molecule has 0 unspecified atom stereocenters. The lowest BCUT2D eigenvalue weighted by molar-refractivity contribution is 0.588. The molecule has 0 aromatic carbocycles. The quantitative estimate of drug-likeness (QED) is 0.717. The molecule has 0 saturated carbocycles. The van der Waals surface area contributed by atoms with Crippen LogP contribution in [-0.2, 0) is 12.8 Å². The fourth-order valence-electron chi connectivity index (χ4n) is 1.52. The Morgan fingerprint density at radius 2 is 2.14 bits per heavy atom. The summed E-state index contributed by atoms with van der Waals surface area (Å²) in [6.45, 7) is 6.34. The minimum atomic E-state index is -0.167. The highest BCUT2D eigenvalue weighted by Gasteiger charge is 2.05. The van der Waals surface area contributed by atoms with Gasteiger partial charge in [0.1, 0.15) is 5.82 Å². The van der Waals surface area contributed by atoms with Crippen LogP contribution in [0.3, 0.4) is 0 Å². The number of aryl methyl sites for hydroxylation is 1. The SMILES string of the molecule is CCCc1cc(CC(C)C)ncc1F. The first kappa shape index (κ1) is 11.2. The molecule has 0 radical (unpaired) electrons. The minimum absolute atomic E-state index is 0.167. The zero-order valence-electron chi connectivity index (χ0n) is 9.18. The Balaban J connectivity index is 2.83. The molecule has 0 aliphatic carbocycles. The fraction of sp³-hybridized carbons (Fsp3) is 0.583. The summed E-state index contributed by atoms with van der Waals surface area (Å²) in [6.07, 6.45) is 4.06. The molecule has 0 saturated heterocycles. The highest BCUT2D eigenvalue weighted by Crippen LogP contribution is 2.12. The summed E-state index contributed by atoms with van der Waals surface area (Å²) in [5.74, 6) is 0.404. The summed E-state index contributed by atoms with van der Waals surface area (Å²) in [7, 11) is 0. The van der Waals surface area contributed by atoms with Crippen molar-refractivity contribution in [3.8, 4) is 0 Å². The van der Waals surface area contributed by atoms with Gasteiger partial charge in [-0.1, -0.05) is 27.2 Å². The largest absolute Gasteiger partial charge is 0.258 e. The van der Waals surface area contributed by atoms with E-state index >= 15 is 0 Å². The van der Waals surface area contributed by atoms with E-state index in [9.17, 15) is 4.39 Å². The van der Waals surface area contributed by atoms with Crippen molar-refractivity contribution < 1.29 is 4.39 Å². The van der Waals surface area contributed by atoms with E-state index in [1.165, 1.54) is 6.20 Å². The summed E-state index contributed by atoms with van der Waals surface area (Å²) in [5.41, 5.74) is 1.81. The third-order valence-electron chi connectivity index (χ3n) is 2.13. The van der Waals surface area contributed by atoms with Gasteiger partial charge in [-0.25, -0.2) is 4.39 Å². The smallest absolute Gasteiger partial charge is 0.144 e. The molecule has 0 atom stereocenters. The maximum Gasteiger partial charge on any atom is 0.144 e. The summed E-state index contributed by atoms with van der Waals surface area (Å²) < 4.78 is 13.2. The van der Waals surface area contributed by atoms with E-state index in [1.54, 1.807) is 0 Å². The van der Waals surface area contributed by atoms with Crippen LogP contribution >= 0.6 is 0 Å². The monoisotopic (exact) mass is 195 g/mol. The molecule has 1 aromatic heterocycles. The highest BCUT2D eigenvalue weighted by molar-refractivity contribution is 5.18. The molecule has 1 rings (SSSR count). The predicted octanol–water partition coefficient (Wildman–Crippen LogP) is 3.37. The normalized spacial score (nSPS) is 10.9. The van der Waals surface area contributed by atoms with E-state index in [0.29, 0.717) is 5.92 Å². The van der Waals surface area contributed by atoms with Gasteiger partial charge in [0.05, 0.1) is 6.20 Å². The zero-order chi connectivity index (χ0) is 10.6. The average Bonchev–Trinajstić information content (AvgIpc) is 2.10. The number of halogens is 1. The lowest BCUT2D eigenvalue weighted by Crippen LogP contribution is -2.00. The summed E-state index contributed by atoms with van der Waals surface area (Å²) in [4.78, 5) is 4.09. The second-order valence-corrected chi connectivity index (χ2v) is 4.12. The molecule has 78 valence electrons. The Hall–Kier alpha value is -0.920. The Bertz CT molecular complexity index is 294. The number of rotatable bonds is 4. The third kappa shape index (κ3) is 3.09. The van der Waals surface area contributed by atoms with E-state index in [0.717, 1.165) is 30.5 Å². The van der Waals surface area contributed by atoms with E-state index in [-0.39, 0.29) is 5.82 Å². The van der Waals surface area contributed by atoms with Crippen LogP contribution < -0.4 is 0 Å². The van der Waals surface area contributed by atoms with Gasteiger partial charge in [-0.15, -0.1) is 0 Å². The lowest BCUT2D eigenvalue weighted by atomic mass is 10.0. The number of hydrogen-bond donors (Lipinski definition) is 0. The first-order chi connectivity index (χ1) is 6.63. The van der Waals surface area contributed by atoms with Gasteiger partial charge in [0.2, 0.25) is 0 Å². The molecule has 14 heavy (non-hydrogen) atoms. The number of nitrogens with zero attached hydrogens (tertiary/aromatic N) is 1. The van der Waals surface area contributed by atoms with Crippen LogP contribution in [-0.4, -0.2) is 4.98 Å². The second-order valence-electron chi connectivity index (χ2n) is 4.12. The van der Waals surface area contributed by atoms with Crippen LogP contribution in [0.25, 0.3) is 0 Å². The Morgan fingerprint density at radius 3 is 2.71 bits per heavy atom. The van der Waals surface area contributed by atoms with Crippen molar-refractivity contribution in [3.63, 3.8) is 0 Å². The summed E-state index contributed by atoms with van der Waals surface area (Å²) >= 11 is 0. The standard InChI is InChI=1S/C12H18FN/c1-4-5-10-7-11(6-9(2)3)14-8-12(10)13/h7-9H,4-6H2,1-3H3.